The molecule has 9 heteroatoms. The Balaban J connectivity index is 3.21. The van der Waals surface area contributed by atoms with Crippen LogP contribution < -0.4 is 9.47 Å². The second kappa shape index (κ2) is 5.03. The fraction of sp³-hybridized carbons (Fsp3) is 0.375. The highest BCUT2D eigenvalue weighted by molar-refractivity contribution is 9.10. The summed E-state index contributed by atoms with van der Waals surface area (Å²) in [5, 5.41) is 0. The van der Waals surface area contributed by atoms with Gasteiger partial charge in [0.25, 0.3) is 12.3 Å². The molecule has 0 N–H and O–H groups in total. The van der Waals surface area contributed by atoms with Crippen LogP contribution in [0.3, 0.4) is 0 Å². The van der Waals surface area contributed by atoms with Gasteiger partial charge < -0.3 is 9.47 Å². The summed E-state index contributed by atoms with van der Waals surface area (Å²) in [4.78, 5) is 3.21. The molecule has 0 spiro atoms. The van der Waals surface area contributed by atoms with Crippen molar-refractivity contribution in [3.63, 3.8) is 0 Å². The predicted molar refractivity (Wildman–Crippen MR) is 50.1 cm³/mol. The summed E-state index contributed by atoms with van der Waals surface area (Å²) < 4.78 is 68.5. The first-order valence-corrected chi connectivity index (χ1v) is 4.82. The quantitative estimate of drug-likeness (QED) is 0.796. The van der Waals surface area contributed by atoms with Gasteiger partial charge in [0.15, 0.2) is 0 Å². The Morgan fingerprint density at radius 3 is 2.35 bits per heavy atom. The number of halogens is 6. The zero-order valence-corrected chi connectivity index (χ0v) is 9.77. The van der Waals surface area contributed by atoms with Crippen molar-refractivity contribution >= 4 is 15.9 Å². The predicted octanol–water partition coefficient (Wildman–Crippen LogP) is 3.69. The molecule has 0 radical (unpaired) electrons. The van der Waals surface area contributed by atoms with Gasteiger partial charge in [-0.05, 0) is 22.0 Å². The molecule has 1 heterocycles. The lowest BCUT2D eigenvalue weighted by molar-refractivity contribution is -0.275. The number of nitrogens with zero attached hydrogens (tertiary/aromatic N) is 1. The first kappa shape index (κ1) is 13.9. The number of rotatable bonds is 3. The third-order valence-electron chi connectivity index (χ3n) is 1.55. The number of pyridine rings is 1. The summed E-state index contributed by atoms with van der Waals surface area (Å²) in [6.45, 7) is 0. The number of hydrogen-bond donors (Lipinski definition) is 0. The maximum absolute atomic E-state index is 12.3. The highest BCUT2D eigenvalue weighted by Gasteiger charge is 2.34. The molecule has 0 fully saturated rings. The summed E-state index contributed by atoms with van der Waals surface area (Å²) in [5.74, 6) is -1.48. The molecule has 1 aromatic rings. The minimum absolute atomic E-state index is 0.322. The van der Waals surface area contributed by atoms with Gasteiger partial charge in [0.1, 0.15) is 5.69 Å². The van der Waals surface area contributed by atoms with E-state index in [9.17, 15) is 22.0 Å². The Bertz CT molecular complexity index is 410. The van der Waals surface area contributed by atoms with Gasteiger partial charge in [-0.15, -0.1) is 13.2 Å². The van der Waals surface area contributed by atoms with Crippen LogP contribution in [0.1, 0.15) is 12.1 Å². The monoisotopic (exact) mass is 321 g/mol. The average Bonchev–Trinajstić information content (AvgIpc) is 2.18. The first-order chi connectivity index (χ1) is 7.74. The molecule has 0 unspecified atom stereocenters. The molecule has 17 heavy (non-hydrogen) atoms. The number of alkyl halides is 5. The second-order valence-corrected chi connectivity index (χ2v) is 3.57. The number of aromatic nitrogens is 1. The topological polar surface area (TPSA) is 31.4 Å². The van der Waals surface area contributed by atoms with Gasteiger partial charge >= 0.3 is 6.36 Å². The van der Waals surface area contributed by atoms with Crippen molar-refractivity contribution in [1.29, 1.82) is 0 Å². The third-order valence-corrected chi connectivity index (χ3v) is 2.14. The first-order valence-electron chi connectivity index (χ1n) is 4.03. The largest absolute Gasteiger partial charge is 0.573 e. The smallest absolute Gasteiger partial charge is 0.478 e. The Hall–Kier alpha value is -1.12. The molecule has 0 aliphatic carbocycles. The van der Waals surface area contributed by atoms with Crippen molar-refractivity contribution in [2.75, 3.05) is 7.11 Å². The van der Waals surface area contributed by atoms with Gasteiger partial charge in [-0.2, -0.15) is 0 Å². The number of ether oxygens (including phenoxy) is 2. The molecule has 1 rings (SSSR count). The van der Waals surface area contributed by atoms with Gasteiger partial charge in [-0.1, -0.05) is 0 Å². The highest BCUT2D eigenvalue weighted by atomic mass is 79.9. The van der Waals surface area contributed by atoms with Crippen molar-refractivity contribution in [3.8, 4) is 11.6 Å². The van der Waals surface area contributed by atoms with E-state index < -0.39 is 30.1 Å². The SMILES string of the molecule is COc1nc(C(F)F)cc(Br)c1OC(F)(F)F. The van der Waals surface area contributed by atoms with Crippen LogP contribution in [0.25, 0.3) is 0 Å². The van der Waals surface area contributed by atoms with Crippen LogP contribution in [-0.4, -0.2) is 18.5 Å². The maximum Gasteiger partial charge on any atom is 0.573 e. The van der Waals surface area contributed by atoms with E-state index in [4.69, 9.17) is 0 Å². The van der Waals surface area contributed by atoms with Gasteiger partial charge in [-0.25, -0.2) is 13.8 Å². The Morgan fingerprint density at radius 1 is 1.35 bits per heavy atom. The van der Waals surface area contributed by atoms with Gasteiger partial charge in [0, 0.05) is 0 Å². The van der Waals surface area contributed by atoms with Crippen molar-refractivity contribution in [1.82, 2.24) is 4.98 Å². The van der Waals surface area contributed by atoms with Crippen LogP contribution in [0.5, 0.6) is 11.6 Å². The third kappa shape index (κ3) is 3.69. The zero-order chi connectivity index (χ0) is 13.2. The molecule has 96 valence electrons. The average molecular weight is 322 g/mol. The van der Waals surface area contributed by atoms with Crippen molar-refractivity contribution in [3.05, 3.63) is 16.2 Å². The molecule has 0 aliphatic rings. The summed E-state index contributed by atoms with van der Waals surface area (Å²) in [6, 6.07) is 0.730. The van der Waals surface area contributed by atoms with Gasteiger partial charge in [0.05, 0.1) is 11.6 Å². The van der Waals surface area contributed by atoms with E-state index in [0.717, 1.165) is 13.2 Å². The Morgan fingerprint density at radius 2 is 1.94 bits per heavy atom. The molecular weight excluding hydrogens is 317 g/mol. The van der Waals surface area contributed by atoms with Crippen LogP contribution in [0.4, 0.5) is 22.0 Å². The van der Waals surface area contributed by atoms with E-state index in [-0.39, 0.29) is 4.47 Å². The van der Waals surface area contributed by atoms with E-state index in [0.29, 0.717) is 0 Å². The van der Waals surface area contributed by atoms with Crippen molar-refractivity contribution < 1.29 is 31.4 Å². The van der Waals surface area contributed by atoms with Crippen LogP contribution in [-0.2, 0) is 0 Å². The van der Waals surface area contributed by atoms with Crippen LogP contribution >= 0.6 is 15.9 Å². The molecule has 0 aromatic carbocycles. The molecule has 0 atom stereocenters. The molecule has 0 aliphatic heterocycles. The van der Waals surface area contributed by atoms with Gasteiger partial charge in [-0.3, -0.25) is 0 Å². The molecule has 0 bridgehead atoms. The van der Waals surface area contributed by atoms with E-state index in [1.165, 1.54) is 0 Å². The van der Waals surface area contributed by atoms with E-state index in [1.54, 1.807) is 0 Å². The molecule has 1 aromatic heterocycles. The van der Waals surface area contributed by atoms with Crippen LogP contribution in [0, 0.1) is 0 Å². The van der Waals surface area contributed by atoms with E-state index >= 15 is 0 Å². The molecular formula is C8H5BrF5NO2. The molecule has 0 saturated carbocycles. The second-order valence-electron chi connectivity index (χ2n) is 2.72. The van der Waals surface area contributed by atoms with E-state index in [2.05, 4.69) is 30.4 Å². The lowest BCUT2D eigenvalue weighted by Gasteiger charge is -2.14. The fourth-order valence-electron chi connectivity index (χ4n) is 0.956. The van der Waals surface area contributed by atoms with Crippen molar-refractivity contribution in [2.45, 2.75) is 12.8 Å². The summed E-state index contributed by atoms with van der Waals surface area (Å²) >= 11 is 2.68. The minimum atomic E-state index is -4.97. The van der Waals surface area contributed by atoms with Crippen molar-refractivity contribution in [2.24, 2.45) is 0 Å². The van der Waals surface area contributed by atoms with Crippen LogP contribution in [0.15, 0.2) is 10.5 Å². The van der Waals surface area contributed by atoms with Gasteiger partial charge in [0.2, 0.25) is 5.75 Å². The Kier molecular flexibility index (Phi) is 4.12. The Labute approximate surface area is 101 Å². The zero-order valence-electron chi connectivity index (χ0n) is 8.19. The summed E-state index contributed by atoms with van der Waals surface area (Å²) in [5.41, 5.74) is -0.719. The summed E-state index contributed by atoms with van der Waals surface area (Å²) in [6.07, 6.45) is -7.90. The number of hydrogen-bond acceptors (Lipinski definition) is 3. The molecule has 0 amide bonds. The lowest BCUT2D eigenvalue weighted by atomic mass is 10.3. The lowest BCUT2D eigenvalue weighted by Crippen LogP contribution is -2.18. The minimum Gasteiger partial charge on any atom is -0.478 e. The standard InChI is InChI=1S/C8H5BrF5NO2/c1-16-7-5(17-8(12,13)14)3(9)2-4(15-7)6(10)11/h2,6H,1H3. The van der Waals surface area contributed by atoms with Crippen LogP contribution in [0.2, 0.25) is 0 Å². The highest BCUT2D eigenvalue weighted by Crippen LogP contribution is 2.39. The number of methoxy groups -OCH3 is 1. The van der Waals surface area contributed by atoms with E-state index in [1.807, 2.05) is 0 Å². The summed E-state index contributed by atoms with van der Waals surface area (Å²) in [7, 11) is 0.993. The molecule has 3 nitrogen and oxygen atoms in total. The normalized spacial score (nSPS) is 11.8. The molecule has 0 saturated heterocycles. The maximum atomic E-state index is 12.3. The fourth-order valence-corrected chi connectivity index (χ4v) is 1.44.